The summed E-state index contributed by atoms with van der Waals surface area (Å²) in [6.07, 6.45) is 4.70. The standard InChI is InChI=1S/C56H40N6O12/c63-45-23-13-17-27-43-28-18-14-24(41(23)43)46(64)57(45)35-7-1-2-8-36(35)58-47(65)25-15-19-29-44-30(20-16-26(42(25)44)48(58)66)52(70)60(51(29)69)38-10-4-6-12-40(38)62-55(73)33-21-31-32(22-34(33)56(62)74)54(72)61(53(31)71)39-11-5-3-9-37(39)59(49(27)67)50(28)68/h13-22,35-40H,1-12H2/t35-,36?,37?,38-,39-,40?/m0/s1. The minimum Gasteiger partial charge on any atom is -0.269 e. The van der Waals surface area contributed by atoms with Crippen molar-refractivity contribution in [2.75, 3.05) is 0 Å². The van der Waals surface area contributed by atoms with Crippen LogP contribution in [0.1, 0.15) is 172 Å². The van der Waals surface area contributed by atoms with Gasteiger partial charge in [-0.25, -0.2) is 0 Å². The summed E-state index contributed by atoms with van der Waals surface area (Å²) in [5, 5.41) is -0.0824. The van der Waals surface area contributed by atoms with Gasteiger partial charge in [0.05, 0.1) is 57.8 Å². The van der Waals surface area contributed by atoms with E-state index >= 15 is 0 Å². The molecule has 18 nitrogen and oxygen atoms in total. The molecule has 8 amide bonds. The van der Waals surface area contributed by atoms with Gasteiger partial charge >= 0.3 is 0 Å². The Balaban J connectivity index is 0.960. The summed E-state index contributed by atoms with van der Waals surface area (Å²) in [6, 6.07) is 7.97. The van der Waals surface area contributed by atoms with Gasteiger partial charge in [-0.3, -0.25) is 86.3 Å². The van der Waals surface area contributed by atoms with Crippen LogP contribution in [0.25, 0.3) is 43.1 Å². The SMILES string of the molecule is O=C1c2ccc3c4c5ccc(c24)C(=O)N1C1CCCC[C@@H]1N1C(=O)c2ccc4c6c(ccc(c26)C1=O)C(=O)N(C4=O)C1CCCC[C@@H]1n1c(=O)c2cc4c(=O)n(c(=O)c4cc2c1=O)C1CCCC[C@@H]1N(C3=O)C5=O. The molecule has 3 unspecified atom stereocenters. The molecule has 3 fully saturated rings. The molecule has 0 N–H and O–H groups in total. The summed E-state index contributed by atoms with van der Waals surface area (Å²) >= 11 is 0. The van der Waals surface area contributed by atoms with E-state index in [4.69, 9.17) is 0 Å². The molecule has 3 saturated carbocycles. The first-order valence-electron chi connectivity index (χ1n) is 25.4. The molecule has 7 aromatic rings. The van der Waals surface area contributed by atoms with Gasteiger partial charge in [0.1, 0.15) is 0 Å². The van der Waals surface area contributed by atoms with Crippen molar-refractivity contribution in [1.82, 2.24) is 28.7 Å². The first-order valence-corrected chi connectivity index (χ1v) is 25.4. The summed E-state index contributed by atoms with van der Waals surface area (Å²) < 4.78 is 2.06. The molecule has 22 heterocycles. The van der Waals surface area contributed by atoms with Crippen LogP contribution in [0.3, 0.4) is 0 Å². The molecular weight excluding hydrogens is 949 g/mol. The second-order valence-electron chi connectivity index (χ2n) is 21.2. The van der Waals surface area contributed by atoms with Gasteiger partial charge in [0.2, 0.25) is 0 Å². The molecule has 20 aliphatic heterocycles. The van der Waals surface area contributed by atoms with Crippen molar-refractivity contribution in [2.45, 2.75) is 113 Å². The highest BCUT2D eigenvalue weighted by Crippen LogP contribution is 2.46. The zero-order chi connectivity index (χ0) is 50.7. The van der Waals surface area contributed by atoms with Crippen LogP contribution >= 0.6 is 0 Å². The Morgan fingerprint density at radius 2 is 0.432 bits per heavy atom. The Morgan fingerprint density at radius 1 is 0.257 bits per heavy atom. The van der Waals surface area contributed by atoms with E-state index in [-0.39, 0.29) is 126 Å². The van der Waals surface area contributed by atoms with Gasteiger partial charge < -0.3 is 0 Å². The predicted octanol–water partition coefficient (Wildman–Crippen LogP) is 5.30. The topological polar surface area (TPSA) is 228 Å². The molecule has 18 heteroatoms. The Hall–Kier alpha value is -8.54. The molecule has 5 aromatic carbocycles. The van der Waals surface area contributed by atoms with Crippen LogP contribution in [0.5, 0.6) is 0 Å². The normalized spacial score (nSPS) is 25.2. The zero-order valence-electron chi connectivity index (χ0n) is 39.3. The second kappa shape index (κ2) is 14.6. The summed E-state index contributed by atoms with van der Waals surface area (Å²) in [4.78, 5) is 183. The second-order valence-corrected chi connectivity index (χ2v) is 21.2. The van der Waals surface area contributed by atoms with Crippen LogP contribution < -0.4 is 22.2 Å². The molecule has 6 atom stereocenters. The first kappa shape index (κ1) is 43.1. The lowest BCUT2D eigenvalue weighted by Crippen LogP contribution is -2.61. The Kier molecular flexibility index (Phi) is 8.48. The number of carbonyl (C=O) groups excluding carboxylic acids is 8. The largest absolute Gasteiger partial charge is 0.269 e. The van der Waals surface area contributed by atoms with Gasteiger partial charge in [-0.05, 0) is 99.2 Å². The molecule has 0 radical (unpaired) electrons. The number of hydrogen-bond acceptors (Lipinski definition) is 12. The van der Waals surface area contributed by atoms with Crippen LogP contribution in [-0.4, -0.2) is 100 Å². The summed E-state index contributed by atoms with van der Waals surface area (Å²) in [5.41, 5.74) is -2.73. The van der Waals surface area contributed by atoms with Gasteiger partial charge in [-0.15, -0.1) is 0 Å². The van der Waals surface area contributed by atoms with E-state index in [1.54, 1.807) is 0 Å². The molecule has 0 saturated heterocycles. The van der Waals surface area contributed by atoms with E-state index in [1.807, 2.05) is 0 Å². The lowest BCUT2D eigenvalue weighted by atomic mass is 9.80. The zero-order valence-corrected chi connectivity index (χ0v) is 39.3. The van der Waals surface area contributed by atoms with Crippen LogP contribution in [0.2, 0.25) is 0 Å². The third-order valence-corrected chi connectivity index (χ3v) is 17.9. The van der Waals surface area contributed by atoms with Gasteiger partial charge in [0.15, 0.2) is 0 Å². The molecule has 3 aliphatic carbocycles. The molecule has 366 valence electrons. The van der Waals surface area contributed by atoms with Gasteiger partial charge in [-0.2, -0.15) is 0 Å². The molecule has 0 spiro atoms. The highest BCUT2D eigenvalue weighted by Gasteiger charge is 2.52. The number of hydrogen-bond donors (Lipinski definition) is 0. The molecule has 23 aliphatic rings. The lowest BCUT2D eigenvalue weighted by Gasteiger charge is -2.46. The fourth-order valence-corrected chi connectivity index (χ4v) is 14.7. The number of amides is 8. The third-order valence-electron chi connectivity index (χ3n) is 17.9. The minimum atomic E-state index is -1.00. The summed E-state index contributed by atoms with van der Waals surface area (Å²) in [7, 11) is 0. The van der Waals surface area contributed by atoms with E-state index in [2.05, 4.69) is 0 Å². The van der Waals surface area contributed by atoms with Crippen LogP contribution in [0, 0.1) is 0 Å². The molecule has 74 heavy (non-hydrogen) atoms. The van der Waals surface area contributed by atoms with Gasteiger partial charge in [0.25, 0.3) is 69.5 Å². The van der Waals surface area contributed by atoms with Crippen molar-refractivity contribution >= 4 is 90.3 Å². The Labute approximate surface area is 416 Å². The smallest absolute Gasteiger partial charge is 0.261 e. The monoisotopic (exact) mass is 988 g/mol. The lowest BCUT2D eigenvalue weighted by molar-refractivity contribution is 0.0241. The maximum absolute atomic E-state index is 15.0. The van der Waals surface area contributed by atoms with Gasteiger partial charge in [-0.1, -0.05) is 38.5 Å². The highest BCUT2D eigenvalue weighted by molar-refractivity contribution is 6.35. The minimum absolute atomic E-state index is 0.0396. The fraction of sp³-hybridized carbons (Fsp3) is 0.321. The predicted molar refractivity (Wildman–Crippen MR) is 263 cm³/mol. The van der Waals surface area contributed by atoms with Crippen molar-refractivity contribution < 1.29 is 38.4 Å². The summed E-state index contributed by atoms with van der Waals surface area (Å²) in [5.74, 6) is -5.87. The van der Waals surface area contributed by atoms with Crippen molar-refractivity contribution in [1.29, 1.82) is 0 Å². The molecule has 30 rings (SSSR count). The number of rotatable bonds is 0. The van der Waals surface area contributed by atoms with E-state index < -0.39 is 106 Å². The molecule has 22 bridgehead atoms. The highest BCUT2D eigenvalue weighted by atomic mass is 16.2. The van der Waals surface area contributed by atoms with Gasteiger partial charge in [0, 0.05) is 66.1 Å². The Morgan fingerprint density at radius 3 is 0.635 bits per heavy atom. The number of carbonyl (C=O) groups is 8. The third kappa shape index (κ3) is 5.09. The fourth-order valence-electron chi connectivity index (χ4n) is 14.7. The van der Waals surface area contributed by atoms with Crippen molar-refractivity contribution in [3.8, 4) is 0 Å². The van der Waals surface area contributed by atoms with E-state index in [0.29, 0.717) is 38.5 Å². The Bertz CT molecular complexity index is 3750. The van der Waals surface area contributed by atoms with Crippen LogP contribution in [-0.2, 0) is 0 Å². The van der Waals surface area contributed by atoms with Crippen LogP contribution in [0.15, 0.2) is 79.8 Å². The van der Waals surface area contributed by atoms with E-state index in [9.17, 15) is 57.5 Å². The maximum Gasteiger partial charge on any atom is 0.261 e. The number of aromatic nitrogens is 2. The maximum atomic E-state index is 15.0. The number of benzene rings is 5. The molecular formula is C56H40N6O12. The van der Waals surface area contributed by atoms with E-state index in [1.165, 1.54) is 60.7 Å². The summed E-state index contributed by atoms with van der Waals surface area (Å²) in [6.45, 7) is 0. The van der Waals surface area contributed by atoms with E-state index in [0.717, 1.165) is 28.7 Å². The quantitative estimate of drug-likeness (QED) is 0.177. The van der Waals surface area contributed by atoms with Crippen molar-refractivity contribution in [3.63, 3.8) is 0 Å². The van der Waals surface area contributed by atoms with Crippen LogP contribution in [0.4, 0.5) is 0 Å². The number of imide groups is 4. The first-order chi connectivity index (χ1) is 35.8. The average Bonchev–Trinajstić information content (AvgIpc) is 3.89. The van der Waals surface area contributed by atoms with Crippen molar-refractivity contribution in [3.05, 3.63) is 147 Å². The van der Waals surface area contributed by atoms with Crippen molar-refractivity contribution in [2.24, 2.45) is 0 Å². The molecule has 2 aromatic heterocycles. The average molecular weight is 989 g/mol. The number of nitrogens with zero attached hydrogens (tertiary/aromatic N) is 6.